The van der Waals surface area contributed by atoms with E-state index < -0.39 is 20.4 Å². The Morgan fingerprint density at radius 3 is 2.26 bits per heavy atom. The standard InChI is InChI=1S/C22H30N6O4S.H2O4S/c1-5-7-17-19-20(27(4)25-17)22(29)24-21(23-19)16-14-15(8-9-18(16)32-6-2)33(30,31)28-12-10-26(3)11-13-28;1-5(2,3)4/h8-9,14H,5-7,10-13H2,1-4H3,(H,23,24,29);(H2,1,2,3,4). The molecule has 1 aliphatic rings. The van der Waals surface area contributed by atoms with Crippen LogP contribution in [0.1, 0.15) is 26.0 Å². The number of piperazine rings is 1. The number of nitrogens with zero attached hydrogens (tertiary/aromatic N) is 5. The molecule has 3 heterocycles. The minimum absolute atomic E-state index is 0.147. The molecule has 0 aliphatic carbocycles. The quantitative estimate of drug-likeness (QED) is 0.342. The summed E-state index contributed by atoms with van der Waals surface area (Å²) >= 11 is 0. The van der Waals surface area contributed by atoms with Crippen LogP contribution >= 0.6 is 0 Å². The van der Waals surface area contributed by atoms with Crippen molar-refractivity contribution in [3.05, 3.63) is 34.2 Å². The fourth-order valence-corrected chi connectivity index (χ4v) is 5.54. The van der Waals surface area contributed by atoms with Crippen molar-refractivity contribution >= 4 is 31.5 Å². The Labute approximate surface area is 220 Å². The Bertz CT molecular complexity index is 1550. The summed E-state index contributed by atoms with van der Waals surface area (Å²) in [7, 11) is -4.67. The van der Waals surface area contributed by atoms with Gasteiger partial charge in [-0.1, -0.05) is 13.3 Å². The van der Waals surface area contributed by atoms with Crippen LogP contribution < -0.4 is 10.3 Å². The maximum Gasteiger partial charge on any atom is 0.394 e. The van der Waals surface area contributed by atoms with Gasteiger partial charge >= 0.3 is 10.4 Å². The lowest BCUT2D eigenvalue weighted by Crippen LogP contribution is -2.47. The summed E-state index contributed by atoms with van der Waals surface area (Å²) in [6.07, 6.45) is 1.54. The molecule has 0 unspecified atom stereocenters. The maximum absolute atomic E-state index is 13.3. The van der Waals surface area contributed by atoms with E-state index in [-0.39, 0.29) is 16.3 Å². The average Bonchev–Trinajstić information content (AvgIpc) is 3.14. The molecule has 4 rings (SSSR count). The molecule has 3 aromatic rings. The Morgan fingerprint density at radius 1 is 1.05 bits per heavy atom. The van der Waals surface area contributed by atoms with Gasteiger partial charge in [-0.2, -0.15) is 17.8 Å². The molecule has 0 atom stereocenters. The minimum Gasteiger partial charge on any atom is -0.493 e. The van der Waals surface area contributed by atoms with Gasteiger partial charge in [-0.05, 0) is 38.6 Å². The molecule has 0 bridgehead atoms. The number of likely N-dealkylation sites (N-methyl/N-ethyl adjacent to an activating group) is 1. The van der Waals surface area contributed by atoms with Gasteiger partial charge < -0.3 is 14.6 Å². The highest BCUT2D eigenvalue weighted by Gasteiger charge is 2.29. The number of hydrogen-bond donors (Lipinski definition) is 3. The second kappa shape index (κ2) is 11.9. The van der Waals surface area contributed by atoms with Crippen molar-refractivity contribution in [2.75, 3.05) is 39.8 Å². The lowest BCUT2D eigenvalue weighted by atomic mass is 10.1. The molecule has 0 radical (unpaired) electrons. The largest absolute Gasteiger partial charge is 0.493 e. The van der Waals surface area contributed by atoms with Gasteiger partial charge in [-0.3, -0.25) is 18.6 Å². The van der Waals surface area contributed by atoms with Crippen LogP contribution in [0.15, 0.2) is 27.9 Å². The van der Waals surface area contributed by atoms with Crippen LogP contribution in [0.2, 0.25) is 0 Å². The molecule has 3 N–H and O–H groups in total. The van der Waals surface area contributed by atoms with E-state index in [4.69, 9.17) is 27.2 Å². The van der Waals surface area contributed by atoms with Gasteiger partial charge in [0.05, 0.1) is 22.8 Å². The highest BCUT2D eigenvalue weighted by Crippen LogP contribution is 2.32. The van der Waals surface area contributed by atoms with Gasteiger partial charge in [0.2, 0.25) is 10.0 Å². The molecule has 14 nitrogen and oxygen atoms in total. The SMILES string of the molecule is CCCc1nn(C)c2c(=O)[nH]c(-c3cc(S(=O)(=O)N4CCN(C)CC4)ccc3OCC)nc12.O=S(=O)(O)O. The van der Waals surface area contributed by atoms with Gasteiger partial charge in [0.1, 0.15) is 17.1 Å². The van der Waals surface area contributed by atoms with E-state index >= 15 is 0 Å². The van der Waals surface area contributed by atoms with Crippen molar-refractivity contribution in [3.63, 3.8) is 0 Å². The Kier molecular flexibility index (Phi) is 9.27. The van der Waals surface area contributed by atoms with E-state index in [1.54, 1.807) is 25.2 Å². The first-order valence-corrected chi connectivity index (χ1v) is 14.7. The monoisotopic (exact) mass is 572 g/mol. The summed E-state index contributed by atoms with van der Waals surface area (Å²) < 4.78 is 67.0. The molecular formula is C22H32N6O8S2. The third kappa shape index (κ3) is 6.95. The Morgan fingerprint density at radius 2 is 1.68 bits per heavy atom. The highest BCUT2D eigenvalue weighted by molar-refractivity contribution is 7.89. The van der Waals surface area contributed by atoms with Crippen LogP contribution in [0, 0.1) is 0 Å². The smallest absolute Gasteiger partial charge is 0.394 e. The van der Waals surface area contributed by atoms with Crippen molar-refractivity contribution in [1.82, 2.24) is 29.0 Å². The molecule has 1 fully saturated rings. The molecule has 2 aromatic heterocycles. The lowest BCUT2D eigenvalue weighted by Gasteiger charge is -2.31. The third-order valence-electron chi connectivity index (χ3n) is 5.86. The molecule has 38 heavy (non-hydrogen) atoms. The van der Waals surface area contributed by atoms with E-state index in [1.165, 1.54) is 8.99 Å². The number of aryl methyl sites for hydroxylation is 2. The van der Waals surface area contributed by atoms with Crippen LogP contribution in [0.25, 0.3) is 22.4 Å². The van der Waals surface area contributed by atoms with E-state index in [2.05, 4.69) is 15.0 Å². The topological polar surface area (TPSA) is 188 Å². The molecule has 0 saturated carbocycles. The number of ether oxygens (including phenoxy) is 1. The van der Waals surface area contributed by atoms with Gasteiger partial charge in [0.15, 0.2) is 5.52 Å². The summed E-state index contributed by atoms with van der Waals surface area (Å²) in [5.74, 6) is 0.718. The highest BCUT2D eigenvalue weighted by atomic mass is 32.3. The molecule has 1 aliphatic heterocycles. The first-order chi connectivity index (χ1) is 17.8. The van der Waals surface area contributed by atoms with Gasteiger partial charge in [0, 0.05) is 33.2 Å². The Balaban J connectivity index is 0.000000732. The number of rotatable bonds is 7. The van der Waals surface area contributed by atoms with Crippen molar-refractivity contribution in [1.29, 1.82) is 0 Å². The number of aromatic amines is 1. The number of hydrogen-bond acceptors (Lipinski definition) is 9. The van der Waals surface area contributed by atoms with E-state index in [9.17, 15) is 13.2 Å². The molecule has 1 aromatic carbocycles. The van der Waals surface area contributed by atoms with E-state index in [1.807, 2.05) is 20.9 Å². The number of fused-ring (bicyclic) bond motifs is 1. The normalized spacial score (nSPS) is 15.3. The summed E-state index contributed by atoms with van der Waals surface area (Å²) in [6, 6.07) is 4.71. The Hall–Kier alpha value is -2.89. The van der Waals surface area contributed by atoms with Crippen LogP contribution in [0.3, 0.4) is 0 Å². The van der Waals surface area contributed by atoms with Crippen molar-refractivity contribution in [3.8, 4) is 17.1 Å². The zero-order valence-corrected chi connectivity index (χ0v) is 23.2. The van der Waals surface area contributed by atoms with Crippen LogP contribution in [0.5, 0.6) is 5.75 Å². The maximum atomic E-state index is 13.3. The van der Waals surface area contributed by atoms with Gasteiger partial charge in [-0.25, -0.2) is 13.4 Å². The minimum atomic E-state index is -4.67. The predicted molar refractivity (Wildman–Crippen MR) is 140 cm³/mol. The molecule has 16 heteroatoms. The molecule has 0 spiro atoms. The van der Waals surface area contributed by atoms with Crippen LogP contribution in [0.4, 0.5) is 0 Å². The van der Waals surface area contributed by atoms with Crippen molar-refractivity contribution in [2.24, 2.45) is 7.05 Å². The fourth-order valence-electron chi connectivity index (χ4n) is 4.09. The number of aromatic nitrogens is 4. The summed E-state index contributed by atoms with van der Waals surface area (Å²) in [4.78, 5) is 22.7. The average molecular weight is 573 g/mol. The fraction of sp³-hybridized carbons (Fsp3) is 0.500. The molecule has 0 amide bonds. The zero-order chi connectivity index (χ0) is 28.3. The van der Waals surface area contributed by atoms with Crippen molar-refractivity contribution < 1.29 is 30.7 Å². The zero-order valence-electron chi connectivity index (χ0n) is 21.6. The number of benzene rings is 1. The molecular weight excluding hydrogens is 540 g/mol. The van der Waals surface area contributed by atoms with Crippen LogP contribution in [-0.4, -0.2) is 94.7 Å². The van der Waals surface area contributed by atoms with E-state index in [0.29, 0.717) is 61.6 Å². The molecule has 210 valence electrons. The second-order valence-corrected chi connectivity index (χ2v) is 11.5. The summed E-state index contributed by atoms with van der Waals surface area (Å²) in [5.41, 5.74) is 1.75. The first kappa shape index (κ1) is 29.7. The number of H-pyrrole nitrogens is 1. The molecule has 1 saturated heterocycles. The van der Waals surface area contributed by atoms with Crippen LogP contribution in [-0.2, 0) is 33.9 Å². The van der Waals surface area contributed by atoms with Gasteiger partial charge in [-0.15, -0.1) is 0 Å². The third-order valence-corrected chi connectivity index (χ3v) is 7.75. The van der Waals surface area contributed by atoms with Gasteiger partial charge in [0.25, 0.3) is 5.56 Å². The van der Waals surface area contributed by atoms with E-state index in [0.717, 1.165) is 12.1 Å². The van der Waals surface area contributed by atoms with Crippen molar-refractivity contribution in [2.45, 2.75) is 31.6 Å². The summed E-state index contributed by atoms with van der Waals surface area (Å²) in [6.45, 7) is 6.48. The first-order valence-electron chi connectivity index (χ1n) is 11.9. The predicted octanol–water partition coefficient (Wildman–Crippen LogP) is 0.958. The number of sulfonamides is 1. The second-order valence-electron chi connectivity index (χ2n) is 8.68. The summed E-state index contributed by atoms with van der Waals surface area (Å²) in [5, 5.41) is 4.45. The lowest BCUT2D eigenvalue weighted by molar-refractivity contribution is 0.222. The number of nitrogens with one attached hydrogen (secondary N) is 1.